The number of fused-ring (bicyclic) bond motifs is 3. The lowest BCUT2D eigenvalue weighted by atomic mass is 9.76. The maximum atomic E-state index is 13.3. The first-order chi connectivity index (χ1) is 18.1. The van der Waals surface area contributed by atoms with E-state index in [1.165, 1.54) is 10.9 Å². The summed E-state index contributed by atoms with van der Waals surface area (Å²) >= 11 is 5.97. The van der Waals surface area contributed by atoms with Gasteiger partial charge in [0.05, 0.1) is 24.9 Å². The van der Waals surface area contributed by atoms with E-state index >= 15 is 0 Å². The molecule has 7 heteroatoms. The van der Waals surface area contributed by atoms with Gasteiger partial charge >= 0.3 is 0 Å². The molecule has 1 saturated heterocycles. The van der Waals surface area contributed by atoms with Crippen molar-refractivity contribution in [2.24, 2.45) is 11.8 Å². The number of Topliss-reactive ketones (excluding diaryl/α,β-unsaturated/α-hetero) is 1. The van der Waals surface area contributed by atoms with Crippen LogP contribution >= 0.6 is 11.6 Å². The molecule has 1 unspecified atom stereocenters. The molecule has 1 aliphatic heterocycles. The average molecular weight is 517 g/mol. The summed E-state index contributed by atoms with van der Waals surface area (Å²) in [5.41, 5.74) is 3.21. The SMILES string of the molecule is O=C(CN1CCCC(COc2ccc(Cl)cc2)C1)C1CCC(c2cc[nH]c3cnc4nccc4c23)CC1. The van der Waals surface area contributed by atoms with Crippen molar-refractivity contribution in [1.82, 2.24) is 19.9 Å². The third-order valence-electron chi connectivity index (χ3n) is 8.23. The minimum Gasteiger partial charge on any atom is -0.493 e. The molecule has 0 bridgehead atoms. The first kappa shape index (κ1) is 24.4. The summed E-state index contributed by atoms with van der Waals surface area (Å²) in [6.07, 6.45) is 12.0. The van der Waals surface area contributed by atoms with Crippen LogP contribution in [0.1, 0.15) is 50.0 Å². The van der Waals surface area contributed by atoms with Gasteiger partial charge in [-0.1, -0.05) is 11.6 Å². The molecule has 0 spiro atoms. The third kappa shape index (κ3) is 5.36. The van der Waals surface area contributed by atoms with Gasteiger partial charge in [0.25, 0.3) is 0 Å². The Morgan fingerprint density at radius 2 is 1.89 bits per heavy atom. The number of carbonyl (C=O) groups excluding carboxylic acids is 1. The summed E-state index contributed by atoms with van der Waals surface area (Å²) in [4.78, 5) is 27.8. The lowest BCUT2D eigenvalue weighted by Gasteiger charge is -2.34. The molecule has 2 aliphatic rings. The summed E-state index contributed by atoms with van der Waals surface area (Å²) < 4.78 is 6.00. The number of pyridine rings is 2. The van der Waals surface area contributed by atoms with Crippen molar-refractivity contribution in [2.45, 2.75) is 44.4 Å². The minimum absolute atomic E-state index is 0.172. The van der Waals surface area contributed by atoms with Crippen LogP contribution in [0.25, 0.3) is 21.9 Å². The number of nitrogens with zero attached hydrogens (tertiary/aromatic N) is 3. The van der Waals surface area contributed by atoms with Gasteiger partial charge in [-0.05, 0) is 92.9 Å². The number of H-pyrrole nitrogens is 1. The van der Waals surface area contributed by atoms with E-state index in [2.05, 4.69) is 32.0 Å². The van der Waals surface area contributed by atoms with Crippen LogP contribution in [0.2, 0.25) is 5.02 Å². The number of carbonyl (C=O) groups is 1. The van der Waals surface area contributed by atoms with Crippen molar-refractivity contribution in [2.75, 3.05) is 26.2 Å². The zero-order valence-electron chi connectivity index (χ0n) is 21.0. The quantitative estimate of drug-likeness (QED) is 0.308. The molecule has 1 saturated carbocycles. The predicted molar refractivity (Wildman–Crippen MR) is 147 cm³/mol. The molecule has 2 fully saturated rings. The van der Waals surface area contributed by atoms with Gasteiger partial charge in [0, 0.05) is 46.6 Å². The Kier molecular flexibility index (Phi) is 7.12. The zero-order chi connectivity index (χ0) is 25.2. The van der Waals surface area contributed by atoms with Gasteiger partial charge in [-0.3, -0.25) is 9.69 Å². The number of ketones is 1. The van der Waals surface area contributed by atoms with Crippen LogP contribution in [-0.4, -0.2) is 51.9 Å². The van der Waals surface area contributed by atoms with E-state index in [9.17, 15) is 4.79 Å². The fraction of sp³-hybridized carbons (Fsp3) is 0.433. The summed E-state index contributed by atoms with van der Waals surface area (Å²) in [6, 6.07) is 11.8. The molecule has 37 heavy (non-hydrogen) atoms. The average Bonchev–Trinajstić information content (AvgIpc) is 3.42. The van der Waals surface area contributed by atoms with Gasteiger partial charge in [-0.25, -0.2) is 9.97 Å². The van der Waals surface area contributed by atoms with Crippen molar-refractivity contribution >= 4 is 39.3 Å². The largest absolute Gasteiger partial charge is 0.493 e. The van der Waals surface area contributed by atoms with E-state index in [0.717, 1.165) is 73.9 Å². The van der Waals surface area contributed by atoms with E-state index in [0.29, 0.717) is 35.8 Å². The Morgan fingerprint density at radius 3 is 2.73 bits per heavy atom. The monoisotopic (exact) mass is 516 g/mol. The van der Waals surface area contributed by atoms with Crippen molar-refractivity contribution < 1.29 is 9.53 Å². The molecule has 1 aliphatic carbocycles. The number of rotatable bonds is 7. The third-order valence-corrected chi connectivity index (χ3v) is 8.48. The molecule has 0 radical (unpaired) electrons. The normalized spacial score (nSPS) is 22.9. The Hall–Kier alpha value is -2.96. The number of hydrogen-bond donors (Lipinski definition) is 1. The standard InChI is InChI=1S/C30H33ClN4O2/c31-23-7-9-24(10-8-23)37-19-20-2-1-15-35(17-20)18-28(36)22-5-3-21(4-6-22)25-11-13-32-27-16-34-30-26(29(25)27)12-14-33-30/h7-14,16,20-22,32H,1-6,15,17-19H2. The number of nitrogens with one attached hydrogen (secondary N) is 1. The second-order valence-electron chi connectivity index (χ2n) is 10.7. The highest BCUT2D eigenvalue weighted by atomic mass is 35.5. The van der Waals surface area contributed by atoms with Gasteiger partial charge in [0.1, 0.15) is 11.5 Å². The molecule has 1 N–H and O–H groups in total. The Balaban J connectivity index is 1.04. The van der Waals surface area contributed by atoms with Gasteiger partial charge in [-0.2, -0.15) is 0 Å². The van der Waals surface area contributed by atoms with E-state index in [1.807, 2.05) is 42.9 Å². The molecule has 1 aromatic carbocycles. The van der Waals surface area contributed by atoms with Crippen molar-refractivity contribution in [3.05, 3.63) is 65.6 Å². The fourth-order valence-electron chi connectivity index (χ4n) is 6.28. The second-order valence-corrected chi connectivity index (χ2v) is 11.1. The summed E-state index contributed by atoms with van der Waals surface area (Å²) in [5.74, 6) is 2.35. The molecular formula is C30H33ClN4O2. The van der Waals surface area contributed by atoms with Crippen molar-refractivity contribution in [3.63, 3.8) is 0 Å². The number of likely N-dealkylation sites (tertiary alicyclic amines) is 1. The zero-order valence-corrected chi connectivity index (χ0v) is 21.8. The van der Waals surface area contributed by atoms with Crippen molar-refractivity contribution in [3.8, 4) is 5.75 Å². The van der Waals surface area contributed by atoms with Crippen LogP contribution in [0.5, 0.6) is 5.75 Å². The Labute approximate surface area is 222 Å². The molecule has 1 atom stereocenters. The second kappa shape index (κ2) is 10.8. The van der Waals surface area contributed by atoms with Crippen LogP contribution in [-0.2, 0) is 4.79 Å². The maximum Gasteiger partial charge on any atom is 0.159 e. The van der Waals surface area contributed by atoms with E-state index in [1.54, 1.807) is 0 Å². The van der Waals surface area contributed by atoms with Crippen molar-refractivity contribution in [1.29, 1.82) is 0 Å². The molecule has 4 aromatic rings. The van der Waals surface area contributed by atoms with Crippen LogP contribution < -0.4 is 4.74 Å². The first-order valence-electron chi connectivity index (χ1n) is 13.5. The molecule has 6 nitrogen and oxygen atoms in total. The molecule has 6 rings (SSSR count). The smallest absolute Gasteiger partial charge is 0.159 e. The number of ether oxygens (including phenoxy) is 1. The van der Waals surface area contributed by atoms with Gasteiger partial charge in [0.15, 0.2) is 5.65 Å². The number of aromatic nitrogens is 3. The highest BCUT2D eigenvalue weighted by Crippen LogP contribution is 2.40. The first-order valence-corrected chi connectivity index (χ1v) is 13.9. The lowest BCUT2D eigenvalue weighted by molar-refractivity contribution is -0.125. The van der Waals surface area contributed by atoms with E-state index in [4.69, 9.17) is 16.3 Å². The lowest BCUT2D eigenvalue weighted by Crippen LogP contribution is -2.42. The molecule has 0 amide bonds. The number of piperidine rings is 1. The highest BCUT2D eigenvalue weighted by molar-refractivity contribution is 6.30. The van der Waals surface area contributed by atoms with Crippen LogP contribution in [0, 0.1) is 11.8 Å². The maximum absolute atomic E-state index is 13.3. The van der Waals surface area contributed by atoms with Gasteiger partial charge < -0.3 is 9.72 Å². The number of halogens is 1. The van der Waals surface area contributed by atoms with Crippen LogP contribution in [0.15, 0.2) is 55.0 Å². The Bertz CT molecular complexity index is 1380. The van der Waals surface area contributed by atoms with E-state index in [-0.39, 0.29) is 5.92 Å². The molecule has 192 valence electrons. The van der Waals surface area contributed by atoms with E-state index < -0.39 is 0 Å². The molecule has 4 heterocycles. The summed E-state index contributed by atoms with van der Waals surface area (Å²) in [5, 5.41) is 3.07. The number of aromatic amines is 1. The topological polar surface area (TPSA) is 71.1 Å². The summed E-state index contributed by atoms with van der Waals surface area (Å²) in [6.45, 7) is 3.19. The van der Waals surface area contributed by atoms with Crippen LogP contribution in [0.3, 0.4) is 0 Å². The number of hydrogen-bond acceptors (Lipinski definition) is 5. The minimum atomic E-state index is 0.172. The van der Waals surface area contributed by atoms with Gasteiger partial charge in [0.2, 0.25) is 0 Å². The Morgan fingerprint density at radius 1 is 1.05 bits per heavy atom. The predicted octanol–water partition coefficient (Wildman–Crippen LogP) is 6.40. The molecule has 3 aromatic heterocycles. The summed E-state index contributed by atoms with van der Waals surface area (Å²) in [7, 11) is 0. The fourth-order valence-corrected chi connectivity index (χ4v) is 6.40. The highest BCUT2D eigenvalue weighted by Gasteiger charge is 2.30. The van der Waals surface area contributed by atoms with Gasteiger partial charge in [-0.15, -0.1) is 0 Å². The van der Waals surface area contributed by atoms with Crippen LogP contribution in [0.4, 0.5) is 0 Å². The number of benzene rings is 1. The molecular weight excluding hydrogens is 484 g/mol.